The molecule has 10 heteroatoms. The van der Waals surface area contributed by atoms with E-state index in [1.165, 1.54) is 14.1 Å². The van der Waals surface area contributed by atoms with Crippen molar-refractivity contribution < 1.29 is 22.7 Å². The van der Waals surface area contributed by atoms with Crippen LogP contribution in [-0.4, -0.2) is 72.3 Å². The Morgan fingerprint density at radius 2 is 1.85 bits per heavy atom. The molecule has 0 radical (unpaired) electrons. The van der Waals surface area contributed by atoms with Crippen molar-refractivity contribution in [2.24, 2.45) is 11.8 Å². The van der Waals surface area contributed by atoms with Crippen LogP contribution in [0.4, 0.5) is 0 Å². The van der Waals surface area contributed by atoms with Gasteiger partial charge in [0.05, 0.1) is 22.3 Å². The maximum Gasteiger partial charge on any atom is 0.307 e. The smallest absolute Gasteiger partial charge is 0.307 e. The minimum Gasteiger partial charge on any atom is -0.453 e. The molecule has 1 fully saturated rings. The number of nitrogens with zero attached hydrogens (tertiary/aromatic N) is 4. The number of fused-ring (bicyclic) bond motifs is 1. The second-order valence-electron chi connectivity index (χ2n) is 9.53. The number of likely N-dealkylation sites (tertiary alicyclic amines) is 1. The number of ether oxygens (including phenoxy) is 1. The number of piperidine rings is 1. The van der Waals surface area contributed by atoms with Crippen LogP contribution in [0.2, 0.25) is 0 Å². The highest BCUT2D eigenvalue weighted by Gasteiger charge is 2.30. The van der Waals surface area contributed by atoms with E-state index in [0.717, 1.165) is 16.2 Å². The Bertz CT molecular complexity index is 1150. The van der Waals surface area contributed by atoms with Crippen LogP contribution in [0.5, 0.6) is 0 Å². The second kappa shape index (κ2) is 10.4. The van der Waals surface area contributed by atoms with Crippen LogP contribution < -0.4 is 0 Å². The van der Waals surface area contributed by atoms with Gasteiger partial charge in [0.25, 0.3) is 5.91 Å². The highest BCUT2D eigenvalue weighted by atomic mass is 32.2. The predicted molar refractivity (Wildman–Crippen MR) is 130 cm³/mol. The lowest BCUT2D eigenvalue weighted by molar-refractivity contribution is -0.160. The van der Waals surface area contributed by atoms with E-state index >= 15 is 0 Å². The summed E-state index contributed by atoms with van der Waals surface area (Å²) in [5.74, 6) is 0.940. The number of amides is 1. The van der Waals surface area contributed by atoms with Gasteiger partial charge in [0, 0.05) is 40.2 Å². The SMILES string of the molecule is CCn1c(CCC(=O)O[C@@H](C)C(=O)N2C[C@H](C)C[C@@H](C)C2)nc2cc(S(=O)(=O)N(C)C)ccc21. The Morgan fingerprint density at radius 1 is 1.21 bits per heavy atom. The van der Waals surface area contributed by atoms with E-state index in [9.17, 15) is 18.0 Å². The van der Waals surface area contributed by atoms with Gasteiger partial charge in [-0.3, -0.25) is 9.59 Å². The van der Waals surface area contributed by atoms with Crippen molar-refractivity contribution in [3.05, 3.63) is 24.0 Å². The van der Waals surface area contributed by atoms with Crippen molar-refractivity contribution in [1.29, 1.82) is 0 Å². The van der Waals surface area contributed by atoms with Gasteiger partial charge in [-0.2, -0.15) is 0 Å². The lowest BCUT2D eigenvalue weighted by atomic mass is 9.91. The molecule has 0 bridgehead atoms. The topological polar surface area (TPSA) is 102 Å². The fourth-order valence-corrected chi connectivity index (χ4v) is 5.62. The molecule has 1 aliphatic heterocycles. The van der Waals surface area contributed by atoms with Crippen LogP contribution in [0.25, 0.3) is 11.0 Å². The van der Waals surface area contributed by atoms with Gasteiger partial charge in [-0.05, 0) is 50.3 Å². The third kappa shape index (κ3) is 5.60. The number of hydrogen-bond donors (Lipinski definition) is 0. The van der Waals surface area contributed by atoms with Gasteiger partial charge < -0.3 is 14.2 Å². The lowest BCUT2D eigenvalue weighted by Gasteiger charge is -2.36. The Kier molecular flexibility index (Phi) is 8.02. The minimum atomic E-state index is -3.57. The molecule has 0 spiro atoms. The number of aromatic nitrogens is 2. The van der Waals surface area contributed by atoms with E-state index in [2.05, 4.69) is 18.8 Å². The summed E-state index contributed by atoms with van der Waals surface area (Å²) in [6.07, 6.45) is 0.680. The van der Waals surface area contributed by atoms with Crippen LogP contribution in [0.15, 0.2) is 23.1 Å². The lowest BCUT2D eigenvalue weighted by Crippen LogP contribution is -2.47. The third-order valence-corrected chi connectivity index (χ3v) is 8.09. The zero-order chi connectivity index (χ0) is 25.2. The second-order valence-corrected chi connectivity index (χ2v) is 11.7. The van der Waals surface area contributed by atoms with E-state index in [0.29, 0.717) is 49.2 Å². The van der Waals surface area contributed by atoms with Crippen molar-refractivity contribution in [1.82, 2.24) is 18.8 Å². The van der Waals surface area contributed by atoms with Crippen LogP contribution in [0.1, 0.15) is 46.4 Å². The van der Waals surface area contributed by atoms with Crippen molar-refractivity contribution in [2.75, 3.05) is 27.2 Å². The Hall–Kier alpha value is -2.46. The van der Waals surface area contributed by atoms with Gasteiger partial charge in [-0.1, -0.05) is 13.8 Å². The highest BCUT2D eigenvalue weighted by molar-refractivity contribution is 7.89. The number of sulfonamides is 1. The zero-order valence-electron chi connectivity index (χ0n) is 20.9. The molecule has 2 aromatic rings. The molecule has 34 heavy (non-hydrogen) atoms. The number of aryl methyl sites for hydroxylation is 2. The third-order valence-electron chi connectivity index (χ3n) is 6.28. The molecule has 2 heterocycles. The average Bonchev–Trinajstić information content (AvgIpc) is 3.12. The number of benzene rings is 1. The van der Waals surface area contributed by atoms with Crippen molar-refractivity contribution in [3.8, 4) is 0 Å². The number of rotatable bonds is 8. The Morgan fingerprint density at radius 3 is 2.44 bits per heavy atom. The maximum absolute atomic E-state index is 12.8. The first-order valence-corrected chi connectivity index (χ1v) is 13.3. The van der Waals surface area contributed by atoms with E-state index in [1.54, 1.807) is 30.0 Å². The van der Waals surface area contributed by atoms with E-state index < -0.39 is 22.1 Å². The van der Waals surface area contributed by atoms with Crippen LogP contribution in [0, 0.1) is 11.8 Å². The summed E-state index contributed by atoms with van der Waals surface area (Å²) >= 11 is 0. The Labute approximate surface area is 202 Å². The van der Waals surface area contributed by atoms with Crippen LogP contribution in [-0.2, 0) is 37.3 Å². The van der Waals surface area contributed by atoms with Gasteiger partial charge in [0.15, 0.2) is 6.10 Å². The summed E-state index contributed by atoms with van der Waals surface area (Å²) in [5, 5.41) is 0. The molecule has 0 aliphatic carbocycles. The zero-order valence-corrected chi connectivity index (χ0v) is 21.8. The standard InChI is InChI=1S/C24H36N4O5S/c1-7-28-21-9-8-19(34(31,32)26(5)6)13-20(21)25-22(28)10-11-23(29)33-18(4)24(30)27-14-16(2)12-17(3)15-27/h8-9,13,16-18H,7,10-12,14-15H2,1-6H3/t16-,17-,18+/m1/s1. The molecular weight excluding hydrogens is 456 g/mol. The van der Waals surface area contributed by atoms with Crippen LogP contribution >= 0.6 is 0 Å². The van der Waals surface area contributed by atoms with E-state index in [1.807, 2.05) is 11.5 Å². The summed E-state index contributed by atoms with van der Waals surface area (Å²) in [6, 6.07) is 4.87. The molecule has 0 N–H and O–H groups in total. The minimum absolute atomic E-state index is 0.0800. The van der Waals surface area contributed by atoms with Gasteiger partial charge in [0.1, 0.15) is 5.82 Å². The van der Waals surface area contributed by atoms with Gasteiger partial charge in [-0.15, -0.1) is 0 Å². The number of imidazole rings is 1. The molecule has 1 aromatic carbocycles. The summed E-state index contributed by atoms with van der Waals surface area (Å²) in [7, 11) is -0.597. The number of carbonyl (C=O) groups is 2. The molecule has 188 valence electrons. The number of carbonyl (C=O) groups excluding carboxylic acids is 2. The summed E-state index contributed by atoms with van der Waals surface area (Å²) < 4.78 is 33.5. The monoisotopic (exact) mass is 492 g/mol. The largest absolute Gasteiger partial charge is 0.453 e. The molecule has 1 aromatic heterocycles. The molecule has 3 rings (SSSR count). The quantitative estimate of drug-likeness (QED) is 0.525. The molecule has 1 aliphatic rings. The number of hydrogen-bond acceptors (Lipinski definition) is 6. The van der Waals surface area contributed by atoms with E-state index in [-0.39, 0.29) is 17.2 Å². The fourth-order valence-electron chi connectivity index (χ4n) is 4.69. The molecule has 0 saturated carbocycles. The van der Waals surface area contributed by atoms with Crippen molar-refractivity contribution >= 4 is 32.9 Å². The molecule has 3 atom stereocenters. The summed E-state index contributed by atoms with van der Waals surface area (Å²) in [5.41, 5.74) is 1.37. The molecular formula is C24H36N4O5S. The number of esters is 1. The first kappa shape index (κ1) is 26.2. The van der Waals surface area contributed by atoms with Crippen molar-refractivity contribution in [2.45, 2.75) is 64.5 Å². The van der Waals surface area contributed by atoms with Gasteiger partial charge >= 0.3 is 5.97 Å². The maximum atomic E-state index is 12.8. The van der Waals surface area contributed by atoms with Crippen molar-refractivity contribution in [3.63, 3.8) is 0 Å². The fraction of sp³-hybridized carbons (Fsp3) is 0.625. The first-order valence-electron chi connectivity index (χ1n) is 11.8. The van der Waals surface area contributed by atoms with Crippen LogP contribution in [0.3, 0.4) is 0 Å². The Balaban J connectivity index is 1.67. The normalized spacial score (nSPS) is 20.0. The predicted octanol–water partition coefficient (Wildman–Crippen LogP) is 2.68. The van der Waals surface area contributed by atoms with E-state index in [4.69, 9.17) is 4.74 Å². The average molecular weight is 493 g/mol. The molecule has 1 amide bonds. The van der Waals surface area contributed by atoms with Gasteiger partial charge in [-0.25, -0.2) is 17.7 Å². The summed E-state index contributed by atoms with van der Waals surface area (Å²) in [6.45, 7) is 9.86. The van der Waals surface area contributed by atoms with Gasteiger partial charge in [0.2, 0.25) is 10.0 Å². The molecule has 1 saturated heterocycles. The summed E-state index contributed by atoms with van der Waals surface area (Å²) in [4.78, 5) is 31.8. The highest BCUT2D eigenvalue weighted by Crippen LogP contribution is 2.24. The first-order chi connectivity index (χ1) is 15.9. The molecule has 9 nitrogen and oxygen atoms in total. The molecule has 0 unspecified atom stereocenters.